The quantitative estimate of drug-likeness (QED) is 0.240. The van der Waals surface area contributed by atoms with E-state index < -0.39 is 0 Å². The maximum Gasteiger partial charge on any atom is 0.266 e. The van der Waals surface area contributed by atoms with Crippen molar-refractivity contribution in [3.63, 3.8) is 0 Å². The summed E-state index contributed by atoms with van der Waals surface area (Å²) in [6.45, 7) is 4.93. The molecule has 35 heavy (non-hydrogen) atoms. The highest BCUT2D eigenvalue weighted by molar-refractivity contribution is 7.99. The first-order valence-electron chi connectivity index (χ1n) is 11.5. The Balaban J connectivity index is 1.65. The minimum atomic E-state index is -0.227. The zero-order chi connectivity index (χ0) is 24.6. The lowest BCUT2D eigenvalue weighted by atomic mass is 10.2. The molecule has 4 rings (SSSR count). The van der Waals surface area contributed by atoms with Gasteiger partial charge in [0.15, 0.2) is 5.16 Å². The average molecular weight is 490 g/mol. The van der Waals surface area contributed by atoms with E-state index in [9.17, 15) is 9.59 Å². The molecule has 1 N–H and O–H groups in total. The van der Waals surface area contributed by atoms with Gasteiger partial charge in [-0.15, -0.1) is 0 Å². The predicted octanol–water partition coefficient (Wildman–Crippen LogP) is 5.30. The summed E-state index contributed by atoms with van der Waals surface area (Å²) in [7, 11) is 0. The Morgan fingerprint density at radius 2 is 1.66 bits per heavy atom. The van der Waals surface area contributed by atoms with Crippen molar-refractivity contribution < 1.29 is 14.3 Å². The summed E-state index contributed by atoms with van der Waals surface area (Å²) >= 11 is 1.19. The van der Waals surface area contributed by atoms with E-state index >= 15 is 0 Å². The molecule has 180 valence electrons. The fourth-order valence-corrected chi connectivity index (χ4v) is 4.37. The lowest BCUT2D eigenvalue weighted by molar-refractivity contribution is -0.113. The van der Waals surface area contributed by atoms with Crippen molar-refractivity contribution >= 4 is 34.3 Å². The van der Waals surface area contributed by atoms with Gasteiger partial charge >= 0.3 is 0 Å². The van der Waals surface area contributed by atoms with Gasteiger partial charge in [-0.1, -0.05) is 55.1 Å². The highest BCUT2D eigenvalue weighted by Crippen LogP contribution is 2.28. The van der Waals surface area contributed by atoms with Gasteiger partial charge in [-0.2, -0.15) is 0 Å². The first-order valence-corrected chi connectivity index (χ1v) is 12.5. The minimum Gasteiger partial charge on any atom is -0.492 e. The lowest BCUT2D eigenvalue weighted by Gasteiger charge is -2.16. The number of carbonyl (C=O) groups is 1. The lowest BCUT2D eigenvalue weighted by Crippen LogP contribution is -2.23. The van der Waals surface area contributed by atoms with E-state index in [4.69, 9.17) is 14.5 Å². The highest BCUT2D eigenvalue weighted by Gasteiger charge is 2.18. The number of rotatable bonds is 10. The smallest absolute Gasteiger partial charge is 0.266 e. The Labute approximate surface area is 208 Å². The summed E-state index contributed by atoms with van der Waals surface area (Å²) < 4.78 is 13.0. The Kier molecular flexibility index (Phi) is 8.05. The number of nitrogens with one attached hydrogen (secondary N) is 1. The van der Waals surface area contributed by atoms with Gasteiger partial charge in [-0.3, -0.25) is 14.2 Å². The van der Waals surface area contributed by atoms with Gasteiger partial charge in [0.25, 0.3) is 5.56 Å². The van der Waals surface area contributed by atoms with Crippen LogP contribution < -0.4 is 20.3 Å². The minimum absolute atomic E-state index is 0.0592. The monoisotopic (exact) mass is 489 g/mol. The summed E-state index contributed by atoms with van der Waals surface area (Å²) in [5, 5.41) is 3.81. The number of benzene rings is 3. The molecule has 1 amide bonds. The van der Waals surface area contributed by atoms with Crippen LogP contribution in [0.25, 0.3) is 16.6 Å². The molecular formula is C27H27N3O4S. The summed E-state index contributed by atoms with van der Waals surface area (Å²) in [6, 6.07) is 21.8. The molecule has 0 fully saturated rings. The van der Waals surface area contributed by atoms with Crippen LogP contribution in [0.2, 0.25) is 0 Å². The molecule has 7 nitrogen and oxygen atoms in total. The van der Waals surface area contributed by atoms with Crippen molar-refractivity contribution in [1.82, 2.24) is 9.55 Å². The van der Waals surface area contributed by atoms with Gasteiger partial charge in [0.05, 0.1) is 41.2 Å². The summed E-state index contributed by atoms with van der Waals surface area (Å²) in [5.74, 6) is 1.03. The number of thioether (sulfide) groups is 1. The number of hydrogen-bond donors (Lipinski definition) is 1. The molecule has 0 unspecified atom stereocenters. The molecule has 8 heteroatoms. The van der Waals surface area contributed by atoms with E-state index in [1.165, 1.54) is 16.3 Å². The van der Waals surface area contributed by atoms with Gasteiger partial charge in [0.2, 0.25) is 5.91 Å². The largest absolute Gasteiger partial charge is 0.492 e. The molecule has 0 aliphatic carbocycles. The Bertz CT molecular complexity index is 1390. The zero-order valence-electron chi connectivity index (χ0n) is 19.7. The molecule has 3 aromatic carbocycles. The van der Waals surface area contributed by atoms with Crippen LogP contribution in [0.5, 0.6) is 11.5 Å². The van der Waals surface area contributed by atoms with Gasteiger partial charge in [-0.05, 0) is 49.7 Å². The molecule has 0 spiro atoms. The average Bonchev–Trinajstić information content (AvgIpc) is 2.88. The first kappa shape index (κ1) is 24.3. The Morgan fingerprint density at radius 1 is 0.943 bits per heavy atom. The van der Waals surface area contributed by atoms with Crippen molar-refractivity contribution in [3.05, 3.63) is 83.2 Å². The van der Waals surface area contributed by atoms with E-state index in [0.717, 1.165) is 6.42 Å². The van der Waals surface area contributed by atoms with E-state index in [2.05, 4.69) is 5.32 Å². The summed E-state index contributed by atoms with van der Waals surface area (Å²) in [5.41, 5.74) is 1.55. The topological polar surface area (TPSA) is 82.5 Å². The van der Waals surface area contributed by atoms with Gasteiger partial charge in [0.1, 0.15) is 11.5 Å². The van der Waals surface area contributed by atoms with Gasteiger partial charge in [-0.25, -0.2) is 4.98 Å². The van der Waals surface area contributed by atoms with E-state index in [1.54, 1.807) is 18.2 Å². The number of fused-ring (bicyclic) bond motifs is 1. The van der Waals surface area contributed by atoms with Crippen LogP contribution in [0.3, 0.4) is 0 Å². The third kappa shape index (κ3) is 5.66. The molecule has 4 aromatic rings. The number of nitrogens with zero attached hydrogens (tertiary/aromatic N) is 2. The number of aromatic nitrogens is 2. The SMILES string of the molecule is CCCOc1ccccc1NC(=O)CSc1nc2ccccc2c(=O)n1-c1ccccc1OCC. The van der Waals surface area contributed by atoms with E-state index in [-0.39, 0.29) is 17.2 Å². The molecular weight excluding hydrogens is 462 g/mol. The number of carbonyl (C=O) groups excluding carboxylic acids is 1. The molecule has 0 saturated heterocycles. The maximum atomic E-state index is 13.5. The number of anilines is 1. The van der Waals surface area contributed by atoms with E-state index in [0.29, 0.717) is 52.1 Å². The van der Waals surface area contributed by atoms with Gasteiger partial charge in [0, 0.05) is 0 Å². The number of para-hydroxylation sites is 5. The molecule has 0 saturated carbocycles. The van der Waals surface area contributed by atoms with Crippen molar-refractivity contribution in [2.24, 2.45) is 0 Å². The third-order valence-corrected chi connectivity index (χ3v) is 6.04. The van der Waals surface area contributed by atoms with Crippen LogP contribution in [0.1, 0.15) is 20.3 Å². The fourth-order valence-electron chi connectivity index (χ4n) is 3.57. The van der Waals surface area contributed by atoms with Crippen molar-refractivity contribution in [1.29, 1.82) is 0 Å². The first-order chi connectivity index (χ1) is 17.1. The van der Waals surface area contributed by atoms with Gasteiger partial charge < -0.3 is 14.8 Å². The molecule has 0 atom stereocenters. The van der Waals surface area contributed by atoms with Crippen LogP contribution in [-0.2, 0) is 4.79 Å². The molecule has 0 aliphatic heterocycles. The summed E-state index contributed by atoms with van der Waals surface area (Å²) in [6.07, 6.45) is 0.868. The van der Waals surface area contributed by atoms with Crippen LogP contribution in [0.15, 0.2) is 82.7 Å². The van der Waals surface area contributed by atoms with E-state index in [1.807, 2.05) is 68.4 Å². The predicted molar refractivity (Wildman–Crippen MR) is 140 cm³/mol. The standard InChI is InChI=1S/C27H27N3O4S/c1-3-17-34-23-15-9-7-13-21(23)28-25(31)18-35-27-29-20-12-6-5-11-19(20)26(32)30(27)22-14-8-10-16-24(22)33-4-2/h5-16H,3-4,17-18H2,1-2H3,(H,28,31). The normalized spacial score (nSPS) is 10.8. The third-order valence-electron chi connectivity index (χ3n) is 5.11. The molecule has 0 bridgehead atoms. The second-order valence-electron chi connectivity index (χ2n) is 7.63. The Hall–Kier alpha value is -3.78. The van der Waals surface area contributed by atoms with Crippen LogP contribution in [-0.4, -0.2) is 34.4 Å². The van der Waals surface area contributed by atoms with Crippen LogP contribution in [0, 0.1) is 0 Å². The Morgan fingerprint density at radius 3 is 2.46 bits per heavy atom. The molecule has 1 aromatic heterocycles. The maximum absolute atomic E-state index is 13.5. The second kappa shape index (κ2) is 11.6. The molecule has 0 radical (unpaired) electrons. The van der Waals surface area contributed by atoms with Crippen molar-refractivity contribution in [3.8, 4) is 17.2 Å². The molecule has 1 heterocycles. The molecule has 0 aliphatic rings. The van der Waals surface area contributed by atoms with Crippen LogP contribution >= 0.6 is 11.8 Å². The number of hydrogen-bond acceptors (Lipinski definition) is 6. The fraction of sp³-hybridized carbons (Fsp3) is 0.222. The summed E-state index contributed by atoms with van der Waals surface area (Å²) in [4.78, 5) is 31.1. The number of ether oxygens (including phenoxy) is 2. The van der Waals surface area contributed by atoms with Crippen molar-refractivity contribution in [2.45, 2.75) is 25.4 Å². The van der Waals surface area contributed by atoms with Crippen LogP contribution in [0.4, 0.5) is 5.69 Å². The number of amides is 1. The van der Waals surface area contributed by atoms with Crippen molar-refractivity contribution in [2.75, 3.05) is 24.3 Å². The zero-order valence-corrected chi connectivity index (χ0v) is 20.5. The second-order valence-corrected chi connectivity index (χ2v) is 8.58. The highest BCUT2D eigenvalue weighted by atomic mass is 32.2.